The van der Waals surface area contributed by atoms with E-state index in [1.165, 1.54) is 5.56 Å². The molecule has 2 heteroatoms. The number of hydrogen-bond donors (Lipinski definition) is 0. The molecule has 0 aromatic heterocycles. The molecule has 0 unspecified atom stereocenters. The van der Waals surface area contributed by atoms with Gasteiger partial charge < -0.3 is 4.74 Å². The van der Waals surface area contributed by atoms with Gasteiger partial charge in [-0.15, -0.1) is 0 Å². The van der Waals surface area contributed by atoms with Crippen molar-refractivity contribution in [2.75, 3.05) is 13.2 Å². The van der Waals surface area contributed by atoms with Crippen LogP contribution in [0.15, 0.2) is 30.3 Å². The molecule has 1 aromatic carbocycles. The van der Waals surface area contributed by atoms with Gasteiger partial charge in [-0.2, -0.15) is 5.26 Å². The van der Waals surface area contributed by atoms with Crippen LogP contribution < -0.4 is 0 Å². The van der Waals surface area contributed by atoms with Crippen LogP contribution in [0.5, 0.6) is 0 Å². The summed E-state index contributed by atoms with van der Waals surface area (Å²) in [6, 6.07) is 12.9. The lowest BCUT2D eigenvalue weighted by atomic mass is 9.51. The molecule has 1 aliphatic carbocycles. The van der Waals surface area contributed by atoms with E-state index in [1.54, 1.807) is 0 Å². The molecule has 2 nitrogen and oxygen atoms in total. The van der Waals surface area contributed by atoms with Gasteiger partial charge >= 0.3 is 0 Å². The highest BCUT2D eigenvalue weighted by molar-refractivity contribution is 5.24. The monoisotopic (exact) mass is 213 g/mol. The van der Waals surface area contributed by atoms with E-state index in [2.05, 4.69) is 18.2 Å². The average Bonchev–Trinajstić information content (AvgIpc) is 2.22. The lowest BCUT2D eigenvalue weighted by Gasteiger charge is -2.57. The Labute approximate surface area is 95.8 Å². The molecule has 0 radical (unpaired) electrons. The molecule has 1 spiro atoms. The van der Waals surface area contributed by atoms with Crippen molar-refractivity contribution >= 4 is 0 Å². The van der Waals surface area contributed by atoms with Crippen LogP contribution in [0, 0.1) is 22.2 Å². The van der Waals surface area contributed by atoms with E-state index in [-0.39, 0.29) is 5.41 Å². The highest BCUT2D eigenvalue weighted by Gasteiger charge is 2.58. The fraction of sp³-hybridized carbons (Fsp3) is 0.500. The highest BCUT2D eigenvalue weighted by Crippen LogP contribution is 2.59. The molecule has 0 N–H and O–H groups in total. The maximum atomic E-state index is 9.36. The predicted molar refractivity (Wildman–Crippen MR) is 60.7 cm³/mol. The van der Waals surface area contributed by atoms with Gasteiger partial charge in [-0.05, 0) is 24.8 Å². The Balaban J connectivity index is 1.72. The molecule has 2 aliphatic rings. The van der Waals surface area contributed by atoms with Crippen LogP contribution in [0.4, 0.5) is 0 Å². The van der Waals surface area contributed by atoms with E-state index >= 15 is 0 Å². The van der Waals surface area contributed by atoms with Crippen LogP contribution in [0.1, 0.15) is 18.4 Å². The van der Waals surface area contributed by atoms with Gasteiger partial charge in [0.2, 0.25) is 0 Å². The summed E-state index contributed by atoms with van der Waals surface area (Å²) in [4.78, 5) is 0. The lowest BCUT2D eigenvalue weighted by molar-refractivity contribution is -0.196. The Hall–Kier alpha value is -1.33. The quantitative estimate of drug-likeness (QED) is 0.756. The van der Waals surface area contributed by atoms with E-state index in [0.29, 0.717) is 5.41 Å². The molecular formula is C14H15NO. The third kappa shape index (κ3) is 1.44. The standard InChI is InChI=1S/C14H15NO/c15-9-13(6-12-4-2-1-3-5-12)7-14(8-13)10-16-11-14/h1-5H,6-8,10-11H2. The zero-order valence-corrected chi connectivity index (χ0v) is 9.28. The minimum absolute atomic E-state index is 0.120. The van der Waals surface area contributed by atoms with Crippen LogP contribution in [0.25, 0.3) is 0 Å². The summed E-state index contributed by atoms with van der Waals surface area (Å²) in [6.07, 6.45) is 2.93. The minimum atomic E-state index is -0.120. The first-order valence-electron chi connectivity index (χ1n) is 5.79. The van der Waals surface area contributed by atoms with E-state index in [4.69, 9.17) is 4.74 Å². The Kier molecular flexibility index (Phi) is 2.05. The smallest absolute Gasteiger partial charge is 0.0693 e. The van der Waals surface area contributed by atoms with Crippen molar-refractivity contribution in [3.63, 3.8) is 0 Å². The number of nitrogens with zero attached hydrogens (tertiary/aromatic N) is 1. The second-order valence-corrected chi connectivity index (χ2v) is 5.40. The number of hydrogen-bond acceptors (Lipinski definition) is 2. The third-order valence-corrected chi connectivity index (χ3v) is 3.87. The molecule has 16 heavy (non-hydrogen) atoms. The fourth-order valence-electron chi connectivity index (χ4n) is 3.21. The number of benzene rings is 1. The van der Waals surface area contributed by atoms with Gasteiger partial charge in [0.25, 0.3) is 0 Å². The molecule has 0 atom stereocenters. The summed E-state index contributed by atoms with van der Waals surface area (Å²) < 4.78 is 5.26. The van der Waals surface area contributed by atoms with Gasteiger partial charge in [0.05, 0.1) is 24.7 Å². The Morgan fingerprint density at radius 3 is 2.38 bits per heavy atom. The van der Waals surface area contributed by atoms with Gasteiger partial charge in [0.15, 0.2) is 0 Å². The first-order valence-corrected chi connectivity index (χ1v) is 5.79. The second kappa shape index (κ2) is 3.33. The van der Waals surface area contributed by atoms with Crippen molar-refractivity contribution in [1.82, 2.24) is 0 Å². The third-order valence-electron chi connectivity index (χ3n) is 3.87. The lowest BCUT2D eigenvalue weighted by Crippen LogP contribution is -2.57. The van der Waals surface area contributed by atoms with E-state index in [0.717, 1.165) is 32.5 Å². The molecule has 1 saturated carbocycles. The molecule has 1 aromatic rings. The maximum absolute atomic E-state index is 9.36. The zero-order valence-electron chi connectivity index (χ0n) is 9.28. The van der Waals surface area contributed by atoms with Crippen molar-refractivity contribution in [2.24, 2.45) is 10.8 Å². The second-order valence-electron chi connectivity index (χ2n) is 5.40. The topological polar surface area (TPSA) is 33.0 Å². The van der Waals surface area contributed by atoms with Crippen LogP contribution in [-0.2, 0) is 11.2 Å². The number of ether oxygens (including phenoxy) is 1. The van der Waals surface area contributed by atoms with Crippen LogP contribution >= 0.6 is 0 Å². The largest absolute Gasteiger partial charge is 0.380 e. The molecule has 1 aliphatic heterocycles. The van der Waals surface area contributed by atoms with Crippen LogP contribution in [0.3, 0.4) is 0 Å². The summed E-state index contributed by atoms with van der Waals surface area (Å²) in [5.41, 5.74) is 1.52. The van der Waals surface area contributed by atoms with Crippen molar-refractivity contribution < 1.29 is 4.74 Å². The van der Waals surface area contributed by atoms with Crippen molar-refractivity contribution in [1.29, 1.82) is 5.26 Å². The first kappa shape index (κ1) is 9.86. The average molecular weight is 213 g/mol. The van der Waals surface area contributed by atoms with Crippen molar-refractivity contribution in [3.8, 4) is 6.07 Å². The molecule has 3 rings (SSSR count). The van der Waals surface area contributed by atoms with Gasteiger partial charge in [0, 0.05) is 5.41 Å². The highest BCUT2D eigenvalue weighted by atomic mass is 16.5. The minimum Gasteiger partial charge on any atom is -0.380 e. The zero-order chi connectivity index (χ0) is 11.1. The van der Waals surface area contributed by atoms with Gasteiger partial charge in [-0.25, -0.2) is 0 Å². The molecule has 0 bridgehead atoms. The first-order chi connectivity index (χ1) is 7.76. The molecule has 1 heterocycles. The Bertz CT molecular complexity index is 420. The van der Waals surface area contributed by atoms with Gasteiger partial charge in [-0.1, -0.05) is 30.3 Å². The van der Waals surface area contributed by atoms with Crippen molar-refractivity contribution in [3.05, 3.63) is 35.9 Å². The summed E-state index contributed by atoms with van der Waals surface area (Å²) in [5, 5.41) is 9.36. The van der Waals surface area contributed by atoms with Crippen LogP contribution in [0.2, 0.25) is 0 Å². The molecule has 1 saturated heterocycles. The molecule has 0 amide bonds. The fourth-order valence-corrected chi connectivity index (χ4v) is 3.21. The number of rotatable bonds is 2. The van der Waals surface area contributed by atoms with E-state index < -0.39 is 0 Å². The van der Waals surface area contributed by atoms with Crippen molar-refractivity contribution in [2.45, 2.75) is 19.3 Å². The van der Waals surface area contributed by atoms with Crippen LogP contribution in [-0.4, -0.2) is 13.2 Å². The van der Waals surface area contributed by atoms with Gasteiger partial charge in [0.1, 0.15) is 0 Å². The van der Waals surface area contributed by atoms with Gasteiger partial charge in [-0.3, -0.25) is 0 Å². The Morgan fingerprint density at radius 1 is 1.19 bits per heavy atom. The SMILES string of the molecule is N#CC1(Cc2ccccc2)CC2(COC2)C1. The van der Waals surface area contributed by atoms with E-state index in [1.807, 2.05) is 18.2 Å². The molecule has 2 fully saturated rings. The summed E-state index contributed by atoms with van der Waals surface area (Å²) in [6.45, 7) is 1.73. The number of nitriles is 1. The maximum Gasteiger partial charge on any atom is 0.0693 e. The van der Waals surface area contributed by atoms with E-state index in [9.17, 15) is 5.26 Å². The molecular weight excluding hydrogens is 198 g/mol. The summed E-state index contributed by atoms with van der Waals surface area (Å²) >= 11 is 0. The Morgan fingerprint density at radius 2 is 1.88 bits per heavy atom. The predicted octanol–water partition coefficient (Wildman–Crippen LogP) is 2.55. The summed E-state index contributed by atoms with van der Waals surface area (Å²) in [7, 11) is 0. The summed E-state index contributed by atoms with van der Waals surface area (Å²) in [5.74, 6) is 0. The molecule has 82 valence electrons. The normalized spacial score (nSPS) is 24.2.